The van der Waals surface area contributed by atoms with E-state index in [0.29, 0.717) is 17.7 Å². The molecule has 0 aromatic heterocycles. The van der Waals surface area contributed by atoms with Crippen molar-refractivity contribution in [2.75, 3.05) is 11.9 Å². The molecule has 0 spiro atoms. The number of amides is 1. The fourth-order valence-corrected chi connectivity index (χ4v) is 4.61. The Morgan fingerprint density at radius 3 is 2.74 bits per heavy atom. The van der Waals surface area contributed by atoms with Crippen molar-refractivity contribution < 1.29 is 28.2 Å². The van der Waals surface area contributed by atoms with Crippen molar-refractivity contribution in [3.8, 4) is 0 Å². The number of benzene rings is 1. The Morgan fingerprint density at radius 1 is 1.30 bits per heavy atom. The molecule has 8 nitrogen and oxygen atoms in total. The normalized spacial score (nSPS) is 25.0. The molecule has 0 saturated carbocycles. The summed E-state index contributed by atoms with van der Waals surface area (Å²) >= 11 is 0. The molecule has 2 aliphatic heterocycles. The maximum absolute atomic E-state index is 12.7. The number of aliphatic hydroxyl groups is 1. The van der Waals surface area contributed by atoms with Gasteiger partial charge in [-0.05, 0) is 30.2 Å². The topological polar surface area (TPSA) is 124 Å². The van der Waals surface area contributed by atoms with Crippen LogP contribution in [0.2, 0.25) is 0 Å². The summed E-state index contributed by atoms with van der Waals surface area (Å²) in [5.41, 5.74) is 1.26. The number of hydrogen-bond acceptors (Lipinski definition) is 5. The number of aliphatic carboxylic acids is 1. The molecule has 1 amide bonds. The summed E-state index contributed by atoms with van der Waals surface area (Å²) in [5.74, 6) is -1.41. The highest BCUT2D eigenvalue weighted by Crippen LogP contribution is 2.30. The van der Waals surface area contributed by atoms with E-state index in [1.807, 2.05) is 0 Å². The van der Waals surface area contributed by atoms with Crippen LogP contribution in [-0.2, 0) is 26.0 Å². The minimum atomic E-state index is -4.03. The Bertz CT molecular complexity index is 775. The van der Waals surface area contributed by atoms with Gasteiger partial charge in [-0.15, -0.1) is 0 Å². The Kier molecular flexibility index (Phi) is 3.86. The van der Waals surface area contributed by atoms with Crippen LogP contribution in [0.3, 0.4) is 0 Å². The lowest BCUT2D eigenvalue weighted by atomic mass is 10.0. The quantitative estimate of drug-likeness (QED) is 0.699. The largest absolute Gasteiger partial charge is 0.480 e. The van der Waals surface area contributed by atoms with Crippen molar-refractivity contribution in [1.82, 2.24) is 4.31 Å². The van der Waals surface area contributed by atoms with Crippen molar-refractivity contribution in [3.05, 3.63) is 23.8 Å². The number of carbonyl (C=O) groups excluding carboxylic acids is 1. The van der Waals surface area contributed by atoms with Gasteiger partial charge in [0.2, 0.25) is 15.9 Å². The smallest absolute Gasteiger partial charge is 0.322 e. The fourth-order valence-electron chi connectivity index (χ4n) is 2.93. The molecule has 2 heterocycles. The average molecular weight is 340 g/mol. The number of sulfonamides is 1. The molecule has 1 aromatic carbocycles. The molecule has 124 valence electrons. The third-order valence-electron chi connectivity index (χ3n) is 4.10. The maximum Gasteiger partial charge on any atom is 0.322 e. The Labute approximate surface area is 132 Å². The molecule has 0 aliphatic carbocycles. The lowest BCUT2D eigenvalue weighted by molar-refractivity contribution is -0.140. The highest BCUT2D eigenvalue weighted by atomic mass is 32.2. The van der Waals surface area contributed by atoms with Gasteiger partial charge < -0.3 is 15.5 Å². The van der Waals surface area contributed by atoms with Crippen molar-refractivity contribution in [1.29, 1.82) is 0 Å². The zero-order valence-electron chi connectivity index (χ0n) is 12.1. The molecular weight excluding hydrogens is 324 g/mol. The van der Waals surface area contributed by atoms with E-state index in [9.17, 15) is 23.1 Å². The van der Waals surface area contributed by atoms with Crippen molar-refractivity contribution in [2.24, 2.45) is 0 Å². The minimum absolute atomic E-state index is 0.0345. The Morgan fingerprint density at radius 2 is 2.04 bits per heavy atom. The molecule has 3 N–H and O–H groups in total. The third kappa shape index (κ3) is 2.82. The molecule has 1 fully saturated rings. The number of carbonyl (C=O) groups is 2. The number of nitrogens with zero attached hydrogens (tertiary/aromatic N) is 1. The first-order valence-electron chi connectivity index (χ1n) is 7.14. The molecule has 3 rings (SSSR count). The van der Waals surface area contributed by atoms with Crippen LogP contribution in [0.5, 0.6) is 0 Å². The van der Waals surface area contributed by atoms with E-state index in [4.69, 9.17) is 5.11 Å². The van der Waals surface area contributed by atoms with Crippen LogP contribution in [0, 0.1) is 0 Å². The van der Waals surface area contributed by atoms with Gasteiger partial charge in [-0.3, -0.25) is 9.59 Å². The van der Waals surface area contributed by atoms with Gasteiger partial charge >= 0.3 is 5.97 Å². The first-order valence-corrected chi connectivity index (χ1v) is 8.58. The van der Waals surface area contributed by atoms with Crippen LogP contribution in [0.1, 0.15) is 18.4 Å². The lowest BCUT2D eigenvalue weighted by Gasteiger charge is -2.22. The predicted octanol–water partition coefficient (Wildman–Crippen LogP) is -0.220. The number of aliphatic hydroxyl groups excluding tert-OH is 1. The monoisotopic (exact) mass is 340 g/mol. The van der Waals surface area contributed by atoms with Crippen molar-refractivity contribution in [2.45, 2.75) is 36.3 Å². The van der Waals surface area contributed by atoms with Gasteiger partial charge in [0.1, 0.15) is 6.04 Å². The van der Waals surface area contributed by atoms with Crippen LogP contribution in [0.25, 0.3) is 0 Å². The lowest BCUT2D eigenvalue weighted by Crippen LogP contribution is -2.40. The molecule has 9 heteroatoms. The van der Waals surface area contributed by atoms with Crippen LogP contribution >= 0.6 is 0 Å². The van der Waals surface area contributed by atoms with Crippen molar-refractivity contribution >= 4 is 27.6 Å². The Balaban J connectivity index is 1.97. The van der Waals surface area contributed by atoms with E-state index >= 15 is 0 Å². The van der Waals surface area contributed by atoms with Crippen LogP contribution in [0.4, 0.5) is 5.69 Å². The molecule has 2 aliphatic rings. The van der Waals surface area contributed by atoms with E-state index in [2.05, 4.69) is 5.32 Å². The standard InChI is InChI=1S/C14H16N2O6S/c17-9-6-12(14(19)20)16(7-9)23(21,22)10-2-3-11-8(5-10)1-4-13(18)15-11/h2-3,5,9,12,17H,1,4,6-7H2,(H,15,18)(H,19,20)/t9?,12-/m0/s1. The first kappa shape index (κ1) is 15.9. The predicted molar refractivity (Wildman–Crippen MR) is 79.3 cm³/mol. The fraction of sp³-hybridized carbons (Fsp3) is 0.429. The Hall–Kier alpha value is -1.97. The minimum Gasteiger partial charge on any atom is -0.480 e. The highest BCUT2D eigenvalue weighted by molar-refractivity contribution is 7.89. The number of β-amino-alcohol motifs (C(OH)–C–C–N with tert-alkyl or cyclic N) is 1. The van der Waals surface area contributed by atoms with Crippen molar-refractivity contribution in [3.63, 3.8) is 0 Å². The van der Waals surface area contributed by atoms with E-state index in [-0.39, 0.29) is 30.2 Å². The second kappa shape index (κ2) is 5.59. The van der Waals surface area contributed by atoms with Gasteiger partial charge in [0.05, 0.1) is 11.0 Å². The van der Waals surface area contributed by atoms with Crippen LogP contribution < -0.4 is 5.32 Å². The molecule has 1 aromatic rings. The van der Waals surface area contributed by atoms with Gasteiger partial charge in [-0.1, -0.05) is 0 Å². The molecule has 0 bridgehead atoms. The summed E-state index contributed by atoms with van der Waals surface area (Å²) in [6.45, 7) is -0.243. The van der Waals surface area contributed by atoms with Crippen LogP contribution in [-0.4, -0.2) is 53.5 Å². The van der Waals surface area contributed by atoms with Gasteiger partial charge in [0, 0.05) is 25.1 Å². The second-order valence-electron chi connectivity index (χ2n) is 5.69. The summed E-state index contributed by atoms with van der Waals surface area (Å²) in [6.07, 6.45) is -0.426. The number of aryl methyl sites for hydroxylation is 1. The number of fused-ring (bicyclic) bond motifs is 1. The molecule has 2 atom stereocenters. The average Bonchev–Trinajstić information content (AvgIpc) is 2.89. The number of rotatable bonds is 3. The summed E-state index contributed by atoms with van der Waals surface area (Å²) in [4.78, 5) is 22.5. The summed E-state index contributed by atoms with van der Waals surface area (Å²) in [5, 5.41) is 21.5. The van der Waals surface area contributed by atoms with Gasteiger partial charge in [-0.25, -0.2) is 8.42 Å². The molecule has 0 radical (unpaired) electrons. The number of hydrogen-bond donors (Lipinski definition) is 3. The summed E-state index contributed by atoms with van der Waals surface area (Å²) in [7, 11) is -4.03. The van der Waals surface area contributed by atoms with Crippen LogP contribution in [0.15, 0.2) is 23.1 Å². The zero-order chi connectivity index (χ0) is 16.8. The van der Waals surface area contributed by atoms with E-state index < -0.39 is 28.1 Å². The zero-order valence-corrected chi connectivity index (χ0v) is 12.9. The number of nitrogens with one attached hydrogen (secondary N) is 1. The molecule has 23 heavy (non-hydrogen) atoms. The van der Waals surface area contributed by atoms with E-state index in [1.54, 1.807) is 0 Å². The highest BCUT2D eigenvalue weighted by Gasteiger charge is 2.43. The number of carboxylic acids is 1. The number of anilines is 1. The summed E-state index contributed by atoms with van der Waals surface area (Å²) < 4.78 is 26.2. The number of carboxylic acid groups (broad SMARTS) is 1. The van der Waals surface area contributed by atoms with E-state index in [0.717, 1.165) is 4.31 Å². The first-order chi connectivity index (χ1) is 10.8. The van der Waals surface area contributed by atoms with E-state index in [1.165, 1.54) is 18.2 Å². The summed E-state index contributed by atoms with van der Waals surface area (Å²) in [6, 6.07) is 3.02. The second-order valence-corrected chi connectivity index (χ2v) is 7.58. The molecule has 1 unspecified atom stereocenters. The van der Waals surface area contributed by atoms with Gasteiger partial charge in [-0.2, -0.15) is 4.31 Å². The molecule has 1 saturated heterocycles. The molecular formula is C14H16N2O6S. The third-order valence-corrected chi connectivity index (χ3v) is 5.97. The van der Waals surface area contributed by atoms with Gasteiger partial charge in [0.25, 0.3) is 0 Å². The maximum atomic E-state index is 12.7. The van der Waals surface area contributed by atoms with Gasteiger partial charge in [0.15, 0.2) is 0 Å². The SMILES string of the molecule is O=C1CCc2cc(S(=O)(=O)N3CC(O)C[C@H]3C(=O)O)ccc2N1.